The van der Waals surface area contributed by atoms with Crippen LogP contribution in [0.2, 0.25) is 5.02 Å². The number of hydrogen-bond acceptors (Lipinski definition) is 1. The van der Waals surface area contributed by atoms with E-state index in [1.807, 2.05) is 19.1 Å². The van der Waals surface area contributed by atoms with Crippen molar-refractivity contribution in [2.45, 2.75) is 19.9 Å². The van der Waals surface area contributed by atoms with Crippen LogP contribution < -0.4 is 5.32 Å². The molecule has 1 N–H and O–H groups in total. The minimum Gasteiger partial charge on any atom is -0.309 e. The predicted octanol–water partition coefficient (Wildman–Crippen LogP) is 4.54. The Labute approximate surface area is 122 Å². The van der Waals surface area contributed by atoms with E-state index in [0.717, 1.165) is 11.1 Å². The van der Waals surface area contributed by atoms with E-state index in [0.29, 0.717) is 10.6 Å². The molecule has 0 amide bonds. The van der Waals surface area contributed by atoms with Crippen LogP contribution in [0.25, 0.3) is 0 Å². The maximum Gasteiger partial charge on any atom is 0.164 e. The van der Waals surface area contributed by atoms with Crippen LogP contribution in [-0.4, -0.2) is 7.05 Å². The summed E-state index contributed by atoms with van der Waals surface area (Å²) in [6.45, 7) is 3.42. The number of benzene rings is 2. The summed E-state index contributed by atoms with van der Waals surface area (Å²) in [5.74, 6) is -1.61. The van der Waals surface area contributed by atoms with Crippen LogP contribution in [0.5, 0.6) is 0 Å². The van der Waals surface area contributed by atoms with E-state index in [-0.39, 0.29) is 5.56 Å². The number of rotatable bonds is 3. The molecule has 2 aromatic rings. The largest absolute Gasteiger partial charge is 0.309 e. The summed E-state index contributed by atoms with van der Waals surface area (Å²) in [5, 5.41) is 3.67. The highest BCUT2D eigenvalue weighted by Gasteiger charge is 2.20. The van der Waals surface area contributed by atoms with E-state index in [2.05, 4.69) is 5.32 Å². The maximum absolute atomic E-state index is 14.1. The Balaban J connectivity index is 2.52. The Morgan fingerprint density at radius 1 is 1.00 bits per heavy atom. The summed E-state index contributed by atoms with van der Waals surface area (Å²) in [4.78, 5) is 0. The molecular formula is C16H16ClF2N. The molecule has 2 rings (SSSR count). The van der Waals surface area contributed by atoms with Gasteiger partial charge in [-0.3, -0.25) is 0 Å². The van der Waals surface area contributed by atoms with Crippen molar-refractivity contribution >= 4 is 11.6 Å². The molecule has 1 nitrogen and oxygen atoms in total. The van der Waals surface area contributed by atoms with Gasteiger partial charge in [0.15, 0.2) is 11.6 Å². The number of aryl methyl sites for hydroxylation is 2. The lowest BCUT2D eigenvalue weighted by molar-refractivity contribution is 0.482. The summed E-state index contributed by atoms with van der Waals surface area (Å²) in [5.41, 5.74) is 2.33. The first-order valence-corrected chi connectivity index (χ1v) is 6.71. The summed E-state index contributed by atoms with van der Waals surface area (Å²) >= 11 is 6.00. The van der Waals surface area contributed by atoms with Crippen molar-refractivity contribution < 1.29 is 8.78 Å². The number of hydrogen-bond donors (Lipinski definition) is 1. The lowest BCUT2D eigenvalue weighted by Gasteiger charge is -2.19. The van der Waals surface area contributed by atoms with Crippen LogP contribution in [-0.2, 0) is 0 Å². The summed E-state index contributed by atoms with van der Waals surface area (Å²) in [7, 11) is 1.71. The van der Waals surface area contributed by atoms with E-state index in [1.165, 1.54) is 0 Å². The van der Waals surface area contributed by atoms with Gasteiger partial charge in [-0.25, -0.2) is 8.78 Å². The molecular weight excluding hydrogens is 280 g/mol. The molecule has 20 heavy (non-hydrogen) atoms. The smallest absolute Gasteiger partial charge is 0.164 e. The van der Waals surface area contributed by atoms with Gasteiger partial charge in [0.1, 0.15) is 0 Å². The molecule has 0 spiro atoms. The van der Waals surface area contributed by atoms with Crippen LogP contribution in [0.3, 0.4) is 0 Å². The first kappa shape index (κ1) is 14.9. The third kappa shape index (κ3) is 2.69. The third-order valence-corrected chi connectivity index (χ3v) is 3.84. The molecule has 1 atom stereocenters. The lowest BCUT2D eigenvalue weighted by atomic mass is 9.96. The Bertz CT molecular complexity index is 641. The van der Waals surface area contributed by atoms with Crippen molar-refractivity contribution in [2.24, 2.45) is 0 Å². The van der Waals surface area contributed by atoms with Gasteiger partial charge in [-0.15, -0.1) is 0 Å². The number of halogens is 3. The minimum atomic E-state index is -0.808. The minimum absolute atomic E-state index is 0.289. The number of nitrogens with one attached hydrogen (secondary N) is 1. The topological polar surface area (TPSA) is 12.0 Å². The normalized spacial score (nSPS) is 12.5. The van der Waals surface area contributed by atoms with Crippen LogP contribution in [0.1, 0.15) is 28.3 Å². The third-order valence-electron chi connectivity index (χ3n) is 3.42. The first-order chi connectivity index (χ1) is 9.45. The second-order valence-electron chi connectivity index (χ2n) is 4.83. The Kier molecular flexibility index (Phi) is 4.41. The highest BCUT2D eigenvalue weighted by Crippen LogP contribution is 2.29. The second kappa shape index (κ2) is 5.90. The highest BCUT2D eigenvalue weighted by molar-refractivity contribution is 6.31. The zero-order chi connectivity index (χ0) is 14.9. The van der Waals surface area contributed by atoms with E-state index in [4.69, 9.17) is 11.6 Å². The molecule has 0 aliphatic carbocycles. The molecule has 0 aliphatic heterocycles. The summed E-state index contributed by atoms with van der Waals surface area (Å²) < 4.78 is 27.8. The fraction of sp³-hybridized carbons (Fsp3) is 0.250. The van der Waals surface area contributed by atoms with E-state index >= 15 is 0 Å². The van der Waals surface area contributed by atoms with Crippen molar-refractivity contribution in [1.82, 2.24) is 5.32 Å². The van der Waals surface area contributed by atoms with Gasteiger partial charge < -0.3 is 5.32 Å². The van der Waals surface area contributed by atoms with Gasteiger partial charge in [0, 0.05) is 10.6 Å². The van der Waals surface area contributed by atoms with Gasteiger partial charge in [-0.1, -0.05) is 35.9 Å². The second-order valence-corrected chi connectivity index (χ2v) is 5.24. The molecule has 0 saturated carbocycles. The Morgan fingerprint density at radius 2 is 1.70 bits per heavy atom. The zero-order valence-corrected chi connectivity index (χ0v) is 12.4. The summed E-state index contributed by atoms with van der Waals surface area (Å²) in [6.07, 6.45) is 0. The molecule has 4 heteroatoms. The predicted molar refractivity (Wildman–Crippen MR) is 78.2 cm³/mol. The monoisotopic (exact) mass is 295 g/mol. The average Bonchev–Trinajstić information content (AvgIpc) is 2.43. The molecule has 2 aromatic carbocycles. The summed E-state index contributed by atoms with van der Waals surface area (Å²) in [6, 6.07) is 8.23. The molecule has 0 heterocycles. The van der Waals surface area contributed by atoms with Crippen molar-refractivity contribution in [3.63, 3.8) is 0 Å². The van der Waals surface area contributed by atoms with Gasteiger partial charge in [0.25, 0.3) is 0 Å². The van der Waals surface area contributed by atoms with E-state index < -0.39 is 17.7 Å². The zero-order valence-electron chi connectivity index (χ0n) is 11.6. The van der Waals surface area contributed by atoms with Crippen molar-refractivity contribution in [3.8, 4) is 0 Å². The first-order valence-electron chi connectivity index (χ1n) is 6.33. The molecule has 0 radical (unpaired) electrons. The quantitative estimate of drug-likeness (QED) is 0.876. The fourth-order valence-corrected chi connectivity index (χ4v) is 2.35. The molecule has 0 saturated heterocycles. The van der Waals surface area contributed by atoms with Gasteiger partial charge in [-0.2, -0.15) is 0 Å². The van der Waals surface area contributed by atoms with E-state index in [9.17, 15) is 8.78 Å². The van der Waals surface area contributed by atoms with Crippen LogP contribution in [0.15, 0.2) is 30.3 Å². The van der Waals surface area contributed by atoms with Crippen LogP contribution in [0.4, 0.5) is 8.78 Å². The maximum atomic E-state index is 14.1. The highest BCUT2D eigenvalue weighted by atomic mass is 35.5. The Morgan fingerprint density at radius 3 is 2.30 bits per heavy atom. The van der Waals surface area contributed by atoms with Crippen molar-refractivity contribution in [1.29, 1.82) is 0 Å². The van der Waals surface area contributed by atoms with Gasteiger partial charge in [0.2, 0.25) is 0 Å². The average molecular weight is 296 g/mol. The molecule has 0 bridgehead atoms. The molecule has 106 valence electrons. The standard InChI is InChI=1S/C16H16ClF2N/c1-9-4-6-12(15(19)14(9)18)16(20-3)11-5-7-13(17)10(2)8-11/h4-8,16,20H,1-3H3. The molecule has 0 aromatic heterocycles. The SMILES string of the molecule is CNC(c1ccc(Cl)c(C)c1)c1ccc(C)c(F)c1F. The van der Waals surface area contributed by atoms with Gasteiger partial charge >= 0.3 is 0 Å². The van der Waals surface area contributed by atoms with Crippen molar-refractivity contribution in [2.75, 3.05) is 7.05 Å². The van der Waals surface area contributed by atoms with Gasteiger partial charge in [-0.05, 0) is 43.7 Å². The molecule has 0 aliphatic rings. The van der Waals surface area contributed by atoms with Crippen LogP contribution in [0, 0.1) is 25.5 Å². The van der Waals surface area contributed by atoms with Crippen LogP contribution >= 0.6 is 11.6 Å². The van der Waals surface area contributed by atoms with E-state index in [1.54, 1.807) is 32.2 Å². The van der Waals surface area contributed by atoms with Crippen molar-refractivity contribution in [3.05, 3.63) is 69.2 Å². The fourth-order valence-electron chi connectivity index (χ4n) is 2.23. The molecule has 1 unspecified atom stereocenters. The Hall–Kier alpha value is -1.45. The molecule has 0 fully saturated rings. The lowest BCUT2D eigenvalue weighted by Crippen LogP contribution is -2.19. The van der Waals surface area contributed by atoms with Gasteiger partial charge in [0.05, 0.1) is 6.04 Å².